The number of nitrogens with one attached hydrogen (secondary N) is 1. The van der Waals surface area contributed by atoms with Gasteiger partial charge in [-0.3, -0.25) is 4.79 Å². The molecule has 0 saturated carbocycles. The van der Waals surface area contributed by atoms with E-state index in [0.29, 0.717) is 35.6 Å². The second-order valence-electron chi connectivity index (χ2n) is 5.43. The van der Waals surface area contributed by atoms with Gasteiger partial charge in [-0.25, -0.2) is 4.98 Å². The Morgan fingerprint density at radius 2 is 2.17 bits per heavy atom. The molecule has 0 aliphatic heterocycles. The van der Waals surface area contributed by atoms with Crippen LogP contribution in [0.15, 0.2) is 28.9 Å². The molecule has 0 unspecified atom stereocenters. The fourth-order valence-electron chi connectivity index (χ4n) is 1.88. The van der Waals surface area contributed by atoms with E-state index in [1.165, 1.54) is 6.26 Å². The number of hydrogen-bond acceptors (Lipinski definition) is 5. The Morgan fingerprint density at radius 3 is 2.83 bits per heavy atom. The van der Waals surface area contributed by atoms with Crippen LogP contribution in [0.25, 0.3) is 11.5 Å². The fraction of sp³-hybridized carbons (Fsp3) is 0.375. The molecule has 1 N–H and O–H groups in total. The summed E-state index contributed by atoms with van der Waals surface area (Å²) < 4.78 is 16.5. The highest BCUT2D eigenvalue weighted by Crippen LogP contribution is 2.32. The van der Waals surface area contributed by atoms with Crippen molar-refractivity contribution < 1.29 is 18.7 Å². The van der Waals surface area contributed by atoms with Crippen LogP contribution in [-0.2, 0) is 6.54 Å². The molecule has 0 aliphatic carbocycles. The van der Waals surface area contributed by atoms with Crippen LogP contribution >= 0.6 is 0 Å². The number of rotatable bonds is 7. The molecule has 7 heteroatoms. The van der Waals surface area contributed by atoms with Crippen LogP contribution < -0.4 is 14.8 Å². The summed E-state index contributed by atoms with van der Waals surface area (Å²) in [7, 11) is 6.62. The molecule has 2 aromatic rings. The van der Waals surface area contributed by atoms with Gasteiger partial charge in [0.05, 0.1) is 26.0 Å². The highest BCUT2D eigenvalue weighted by Gasteiger charge is 2.12. The van der Waals surface area contributed by atoms with Crippen molar-refractivity contribution in [3.63, 3.8) is 0 Å². The third-order valence-corrected chi connectivity index (χ3v) is 2.98. The third kappa shape index (κ3) is 4.77. The van der Waals surface area contributed by atoms with Crippen LogP contribution in [0, 0.1) is 5.92 Å². The highest BCUT2D eigenvalue weighted by molar-refractivity contribution is 6.57. The van der Waals surface area contributed by atoms with Gasteiger partial charge in [0.1, 0.15) is 6.26 Å². The number of nitrogens with zero attached hydrogens (tertiary/aromatic N) is 1. The Hall–Kier alpha value is -2.44. The number of carbonyl (C=O) groups is 1. The summed E-state index contributed by atoms with van der Waals surface area (Å²) in [6, 6.07) is 5.45. The molecule has 2 rings (SSSR count). The zero-order valence-corrected chi connectivity index (χ0v) is 13.5. The fourth-order valence-corrected chi connectivity index (χ4v) is 1.88. The SMILES string of the molecule is [B]C(=O)NCc1coc(-c2ccc(OC)c(OCC(C)C)c2)n1. The van der Waals surface area contributed by atoms with Crippen LogP contribution in [-0.4, -0.2) is 32.4 Å². The Labute approximate surface area is 136 Å². The molecule has 0 saturated heterocycles. The molecule has 1 amide bonds. The normalized spacial score (nSPS) is 10.6. The first-order valence-electron chi connectivity index (χ1n) is 7.28. The van der Waals surface area contributed by atoms with E-state index in [1.54, 1.807) is 13.2 Å². The summed E-state index contributed by atoms with van der Waals surface area (Å²) in [6.45, 7) is 4.94. The first-order chi connectivity index (χ1) is 11.0. The van der Waals surface area contributed by atoms with Crippen LogP contribution in [0.4, 0.5) is 4.79 Å². The van der Waals surface area contributed by atoms with Gasteiger partial charge in [0.15, 0.2) is 17.3 Å². The summed E-state index contributed by atoms with van der Waals surface area (Å²) in [5, 5.41) is 2.46. The van der Waals surface area contributed by atoms with Crippen molar-refractivity contribution in [1.82, 2.24) is 10.3 Å². The number of amides is 1. The molecule has 0 spiro atoms. The molecule has 0 atom stereocenters. The van der Waals surface area contributed by atoms with Gasteiger partial charge in [0.25, 0.3) is 0 Å². The Morgan fingerprint density at radius 1 is 1.39 bits per heavy atom. The molecule has 0 bridgehead atoms. The first-order valence-corrected chi connectivity index (χ1v) is 7.28. The van der Waals surface area contributed by atoms with Crippen molar-refractivity contribution in [2.45, 2.75) is 20.4 Å². The number of oxazole rings is 1. The van der Waals surface area contributed by atoms with Gasteiger partial charge < -0.3 is 19.2 Å². The second-order valence-corrected chi connectivity index (χ2v) is 5.43. The maximum absolute atomic E-state index is 10.7. The molecule has 0 fully saturated rings. The third-order valence-electron chi connectivity index (χ3n) is 2.98. The molecule has 120 valence electrons. The lowest BCUT2D eigenvalue weighted by atomic mass is 10.1. The van der Waals surface area contributed by atoms with E-state index >= 15 is 0 Å². The summed E-state index contributed by atoms with van der Waals surface area (Å²) >= 11 is 0. The van der Waals surface area contributed by atoms with E-state index in [4.69, 9.17) is 21.7 Å². The Balaban J connectivity index is 2.18. The van der Waals surface area contributed by atoms with E-state index in [2.05, 4.69) is 24.1 Å². The largest absolute Gasteiger partial charge is 0.493 e. The van der Waals surface area contributed by atoms with Gasteiger partial charge in [0, 0.05) is 5.56 Å². The lowest BCUT2D eigenvalue weighted by Crippen LogP contribution is -2.20. The molecule has 0 aliphatic rings. The molecular formula is C16H19BN2O4. The van der Waals surface area contributed by atoms with Crippen molar-refractivity contribution in [1.29, 1.82) is 0 Å². The van der Waals surface area contributed by atoms with Crippen molar-refractivity contribution >= 4 is 13.7 Å². The van der Waals surface area contributed by atoms with E-state index in [0.717, 1.165) is 5.56 Å². The monoisotopic (exact) mass is 314 g/mol. The number of hydrogen-bond donors (Lipinski definition) is 1. The summed E-state index contributed by atoms with van der Waals surface area (Å²) in [5.74, 6) is 1.51. The predicted octanol–water partition coefficient (Wildman–Crippen LogP) is 2.76. The van der Waals surface area contributed by atoms with Crippen molar-refractivity contribution in [2.24, 2.45) is 5.92 Å². The number of benzene rings is 1. The van der Waals surface area contributed by atoms with E-state index < -0.39 is 5.81 Å². The quantitative estimate of drug-likeness (QED) is 0.796. The van der Waals surface area contributed by atoms with Crippen molar-refractivity contribution in [2.75, 3.05) is 13.7 Å². The second kappa shape index (κ2) is 7.71. The topological polar surface area (TPSA) is 73.6 Å². The zero-order chi connectivity index (χ0) is 16.8. The summed E-state index contributed by atoms with van der Waals surface area (Å²) in [4.78, 5) is 15.0. The lowest BCUT2D eigenvalue weighted by molar-refractivity contribution is 0.257. The van der Waals surface area contributed by atoms with Crippen LogP contribution in [0.1, 0.15) is 19.5 Å². The highest BCUT2D eigenvalue weighted by atomic mass is 16.5. The van der Waals surface area contributed by atoms with Crippen LogP contribution in [0.3, 0.4) is 0 Å². The molecule has 6 nitrogen and oxygen atoms in total. The minimum absolute atomic E-state index is 0.214. The van der Waals surface area contributed by atoms with Crippen molar-refractivity contribution in [3.05, 3.63) is 30.2 Å². The first kappa shape index (κ1) is 16.9. The number of methoxy groups -OCH3 is 1. The summed E-state index contributed by atoms with van der Waals surface area (Å²) in [5.41, 5.74) is 1.34. The lowest BCUT2D eigenvalue weighted by Gasteiger charge is -2.13. The van der Waals surface area contributed by atoms with Crippen molar-refractivity contribution in [3.8, 4) is 23.0 Å². The van der Waals surface area contributed by atoms with Crippen LogP contribution in [0.2, 0.25) is 0 Å². The zero-order valence-electron chi connectivity index (χ0n) is 13.5. The number of ether oxygens (including phenoxy) is 2. The summed E-state index contributed by atoms with van der Waals surface area (Å²) in [6.07, 6.45) is 1.48. The predicted molar refractivity (Wildman–Crippen MR) is 86.8 cm³/mol. The maximum Gasteiger partial charge on any atom is 0.226 e. The molecule has 1 heterocycles. The minimum atomic E-state index is -0.608. The van der Waals surface area contributed by atoms with Gasteiger partial charge in [0.2, 0.25) is 13.7 Å². The Kier molecular flexibility index (Phi) is 5.68. The van der Waals surface area contributed by atoms with E-state index in [1.807, 2.05) is 12.1 Å². The van der Waals surface area contributed by atoms with E-state index in [9.17, 15) is 4.79 Å². The molecule has 2 radical (unpaired) electrons. The number of carbonyl (C=O) groups excluding carboxylic acids is 1. The smallest absolute Gasteiger partial charge is 0.226 e. The average Bonchev–Trinajstić information content (AvgIpc) is 2.99. The van der Waals surface area contributed by atoms with Gasteiger partial charge in [-0.2, -0.15) is 0 Å². The van der Waals surface area contributed by atoms with E-state index in [-0.39, 0.29) is 6.54 Å². The number of aromatic nitrogens is 1. The molecule has 1 aromatic heterocycles. The Bertz CT molecular complexity index is 670. The van der Waals surface area contributed by atoms with Gasteiger partial charge in [-0.15, -0.1) is 0 Å². The molecule has 23 heavy (non-hydrogen) atoms. The van der Waals surface area contributed by atoms with Crippen LogP contribution in [0.5, 0.6) is 11.5 Å². The van der Waals surface area contributed by atoms with Gasteiger partial charge in [-0.05, 0) is 24.1 Å². The maximum atomic E-state index is 10.7. The minimum Gasteiger partial charge on any atom is -0.493 e. The van der Waals surface area contributed by atoms with Gasteiger partial charge in [-0.1, -0.05) is 13.8 Å². The standard InChI is InChI=1S/C16H19BN2O4/c1-10(2)8-22-14-6-11(4-5-13(14)21-3)15-19-12(9-23-15)7-18-16(17)20/h4-6,9-10H,7-8H2,1-3H3,(H,18,20). The average molecular weight is 314 g/mol. The molecule has 1 aromatic carbocycles. The van der Waals surface area contributed by atoms with Gasteiger partial charge >= 0.3 is 0 Å². The molecular weight excluding hydrogens is 295 g/mol.